The Labute approximate surface area is 327 Å². The van der Waals surface area contributed by atoms with Crippen LogP contribution in [0.25, 0.3) is 22.5 Å². The number of rotatable bonds is 9. The molecule has 11 heteroatoms. The molecule has 262 valence electrons. The summed E-state index contributed by atoms with van der Waals surface area (Å²) in [5.41, 5.74) is 8.53. The minimum atomic E-state index is 0. The Balaban J connectivity index is 0.000000218. The molecule has 0 amide bonds. The number of aryl methyl sites for hydroxylation is 6. The summed E-state index contributed by atoms with van der Waals surface area (Å²) in [6, 6.07) is 18.8. The zero-order valence-electron chi connectivity index (χ0n) is 30.2. The van der Waals surface area contributed by atoms with E-state index in [9.17, 15) is 0 Å². The molecular weight excluding hydrogens is 746 g/mol. The van der Waals surface area contributed by atoms with Crippen LogP contribution in [0.1, 0.15) is 66.6 Å². The number of hydrogen-bond acceptors (Lipinski definition) is 9. The standard InChI is InChI=1S/C16H14IN3O.C16H15N3O.C4H8O.C4H9.Li/c1-11-15(17)16(20-21-11)13-5-2-12(3-6-13)4-7-14-10-18-8-9-19-14;1-12-10-16(19-20-12)14-5-2-13(3-6-14)4-7-15-11-17-8-9-18-15;1-2-4-5-3-1;1-3-4-2;/h2-3,5-6,8-10H,4,7H2,1H3;2-3,5-6,8-11H,4,7H2,1H3;1-4H2;1,3-4H2,2H3;/q;;;-1;+1. The number of halogens is 1. The van der Waals surface area contributed by atoms with Crippen LogP contribution in [-0.2, 0) is 30.4 Å². The van der Waals surface area contributed by atoms with E-state index in [4.69, 9.17) is 13.8 Å². The van der Waals surface area contributed by atoms with Gasteiger partial charge in [0.1, 0.15) is 22.9 Å². The average molecular weight is 793 g/mol. The summed E-state index contributed by atoms with van der Waals surface area (Å²) in [5, 5.41) is 8.12. The molecule has 0 aliphatic carbocycles. The van der Waals surface area contributed by atoms with E-state index < -0.39 is 0 Å². The normalized spacial score (nSPS) is 11.5. The first-order valence-corrected chi connectivity index (χ1v) is 18.1. The summed E-state index contributed by atoms with van der Waals surface area (Å²) in [5.74, 6) is 1.68. The van der Waals surface area contributed by atoms with Crippen LogP contribution in [0.3, 0.4) is 0 Å². The van der Waals surface area contributed by atoms with E-state index in [2.05, 4.69) is 115 Å². The van der Waals surface area contributed by atoms with Gasteiger partial charge in [0.2, 0.25) is 0 Å². The van der Waals surface area contributed by atoms with Crippen molar-refractivity contribution in [3.8, 4) is 22.5 Å². The summed E-state index contributed by atoms with van der Waals surface area (Å²) in [4.78, 5) is 16.7. The third-order valence-corrected chi connectivity index (χ3v) is 8.92. The maximum atomic E-state index is 5.21. The summed E-state index contributed by atoms with van der Waals surface area (Å²) in [6.45, 7) is 11.5. The van der Waals surface area contributed by atoms with E-state index in [1.54, 1.807) is 24.8 Å². The van der Waals surface area contributed by atoms with Crippen molar-refractivity contribution in [2.24, 2.45) is 0 Å². The smallest absolute Gasteiger partial charge is 0.381 e. The summed E-state index contributed by atoms with van der Waals surface area (Å²) < 4.78 is 16.3. The van der Waals surface area contributed by atoms with Crippen LogP contribution in [0.15, 0.2) is 101 Å². The maximum absolute atomic E-state index is 5.21. The molecule has 1 fully saturated rings. The summed E-state index contributed by atoms with van der Waals surface area (Å²) >= 11 is 2.27. The third kappa shape index (κ3) is 14.8. The molecule has 0 bridgehead atoms. The molecule has 1 aliphatic heterocycles. The van der Waals surface area contributed by atoms with Gasteiger partial charge < -0.3 is 20.7 Å². The van der Waals surface area contributed by atoms with Crippen molar-refractivity contribution in [1.82, 2.24) is 30.2 Å². The first-order valence-electron chi connectivity index (χ1n) is 17.1. The van der Waals surface area contributed by atoms with Gasteiger partial charge in [-0.2, -0.15) is 6.42 Å². The molecule has 6 aromatic rings. The SMILES string of the molecule is C1CCOC1.Cc1cc(-c2ccc(CCc3cnccn3)cc2)no1.Cc1onc(-c2ccc(CCc3cnccn3)cc2)c1I.[CH2-]CCC.[Li+]. The molecule has 0 spiro atoms. The summed E-state index contributed by atoms with van der Waals surface area (Å²) in [7, 11) is 0. The first-order chi connectivity index (χ1) is 24.5. The molecule has 1 saturated heterocycles. The molecule has 4 aromatic heterocycles. The quantitative estimate of drug-likeness (QED) is 0.0924. The van der Waals surface area contributed by atoms with Crippen LogP contribution in [0.5, 0.6) is 0 Å². The Bertz CT molecular complexity index is 1770. The van der Waals surface area contributed by atoms with Gasteiger partial charge in [-0.15, -0.1) is 0 Å². The van der Waals surface area contributed by atoms with Crippen LogP contribution in [0.2, 0.25) is 0 Å². The van der Waals surface area contributed by atoms with Crippen molar-refractivity contribution < 1.29 is 32.6 Å². The minimum absolute atomic E-state index is 0. The zero-order valence-corrected chi connectivity index (χ0v) is 32.4. The maximum Gasteiger partial charge on any atom is 1.00 e. The molecule has 9 nitrogen and oxygen atoms in total. The van der Waals surface area contributed by atoms with Gasteiger partial charge in [-0.25, -0.2) is 0 Å². The molecule has 0 N–H and O–H groups in total. The second-order valence-corrected chi connectivity index (χ2v) is 12.8. The van der Waals surface area contributed by atoms with Gasteiger partial charge in [-0.1, -0.05) is 72.2 Å². The molecule has 7 rings (SSSR count). The first kappa shape index (κ1) is 41.7. The third-order valence-electron chi connectivity index (χ3n) is 7.65. The van der Waals surface area contributed by atoms with E-state index in [0.29, 0.717) is 0 Å². The van der Waals surface area contributed by atoms with Crippen molar-refractivity contribution in [2.45, 2.75) is 72.1 Å². The van der Waals surface area contributed by atoms with Gasteiger partial charge in [0.25, 0.3) is 0 Å². The fraction of sp³-hybridized carbons (Fsp3) is 0.325. The second kappa shape index (κ2) is 23.7. The monoisotopic (exact) mass is 792 g/mol. The van der Waals surface area contributed by atoms with Gasteiger partial charge in [0.05, 0.1) is 15.0 Å². The minimum Gasteiger partial charge on any atom is -0.381 e. The van der Waals surface area contributed by atoms with Crippen LogP contribution in [-0.4, -0.2) is 43.5 Å². The van der Waals surface area contributed by atoms with Gasteiger partial charge >= 0.3 is 18.9 Å². The fourth-order valence-electron chi connectivity index (χ4n) is 4.69. The van der Waals surface area contributed by atoms with E-state index >= 15 is 0 Å². The molecule has 5 heterocycles. The van der Waals surface area contributed by atoms with Crippen LogP contribution >= 0.6 is 22.6 Å². The molecule has 0 radical (unpaired) electrons. The van der Waals surface area contributed by atoms with Crippen molar-refractivity contribution in [1.29, 1.82) is 0 Å². The van der Waals surface area contributed by atoms with Crippen LogP contribution < -0.4 is 18.9 Å². The second-order valence-electron chi connectivity index (χ2n) is 11.7. The number of hydrogen-bond donors (Lipinski definition) is 0. The molecule has 2 aromatic carbocycles. The Kier molecular flexibility index (Phi) is 19.4. The summed E-state index contributed by atoms with van der Waals surface area (Å²) in [6.07, 6.45) is 19.0. The molecule has 0 unspecified atom stereocenters. The fourth-order valence-corrected chi connectivity index (χ4v) is 5.20. The van der Waals surface area contributed by atoms with Crippen LogP contribution in [0.4, 0.5) is 0 Å². The predicted octanol–water partition coefficient (Wildman–Crippen LogP) is 6.48. The van der Waals surface area contributed by atoms with E-state index in [1.165, 1.54) is 30.4 Å². The Hall–Kier alpha value is -3.69. The van der Waals surface area contributed by atoms with Gasteiger partial charge in [0, 0.05) is 67.6 Å². The number of unbranched alkanes of at least 4 members (excludes halogenated alkanes) is 1. The van der Waals surface area contributed by atoms with Gasteiger partial charge in [0.15, 0.2) is 0 Å². The van der Waals surface area contributed by atoms with Crippen molar-refractivity contribution in [2.75, 3.05) is 13.2 Å². The van der Waals surface area contributed by atoms with E-state index in [0.717, 1.165) is 94.3 Å². The largest absolute Gasteiger partial charge is 1.00 e. The van der Waals surface area contributed by atoms with Gasteiger partial charge in [-0.3, -0.25) is 19.9 Å². The Morgan fingerprint density at radius 1 is 0.706 bits per heavy atom. The average Bonchev–Trinajstić information content (AvgIpc) is 3.97. The Morgan fingerprint density at radius 2 is 1.24 bits per heavy atom. The predicted molar refractivity (Wildman–Crippen MR) is 205 cm³/mol. The number of nitrogens with zero attached hydrogens (tertiary/aromatic N) is 6. The number of aromatic nitrogens is 6. The zero-order chi connectivity index (χ0) is 35.4. The molecule has 0 saturated carbocycles. The topological polar surface area (TPSA) is 113 Å². The van der Waals surface area contributed by atoms with E-state index in [-0.39, 0.29) is 18.9 Å². The number of ether oxygens (including phenoxy) is 1. The molecule has 1 aliphatic rings. The van der Waals surface area contributed by atoms with Crippen molar-refractivity contribution in [3.05, 3.63) is 136 Å². The molecular formula is C40H46ILiN6O3. The van der Waals surface area contributed by atoms with Gasteiger partial charge in [-0.05, 0) is 86.1 Å². The van der Waals surface area contributed by atoms with E-state index in [1.807, 2.05) is 32.3 Å². The Morgan fingerprint density at radius 3 is 1.61 bits per heavy atom. The number of benzene rings is 2. The van der Waals surface area contributed by atoms with Crippen molar-refractivity contribution in [3.63, 3.8) is 0 Å². The molecule has 0 atom stereocenters. The molecule has 51 heavy (non-hydrogen) atoms. The van der Waals surface area contributed by atoms with Crippen molar-refractivity contribution >= 4 is 22.6 Å². The van der Waals surface area contributed by atoms with Crippen LogP contribution in [0, 0.1) is 24.3 Å².